The van der Waals surface area contributed by atoms with Crippen molar-refractivity contribution >= 4 is 28.3 Å². The Morgan fingerprint density at radius 3 is 3.08 bits per heavy atom. The number of thiophene rings is 1. The molecular formula is C16H13N5O3S. The second-order valence-corrected chi connectivity index (χ2v) is 5.99. The monoisotopic (exact) mass is 355 g/mol. The third-order valence-corrected chi connectivity index (χ3v) is 4.31. The first-order valence-electron chi connectivity index (χ1n) is 7.60. The van der Waals surface area contributed by atoms with E-state index in [1.807, 2.05) is 23.8 Å². The molecule has 0 bridgehead atoms. The minimum absolute atomic E-state index is 0.0876. The Bertz CT molecular complexity index is 1020. The molecule has 0 aliphatic carbocycles. The van der Waals surface area contributed by atoms with Gasteiger partial charge in [0.2, 0.25) is 5.82 Å². The molecule has 0 aliphatic rings. The maximum atomic E-state index is 12.2. The number of carbonyl (C=O) groups excluding carboxylic acids is 1. The molecule has 4 aromatic rings. The molecule has 0 fully saturated rings. The molecule has 0 spiro atoms. The van der Waals surface area contributed by atoms with Crippen LogP contribution in [0.5, 0.6) is 0 Å². The van der Waals surface area contributed by atoms with Gasteiger partial charge in [-0.2, -0.15) is 16.3 Å². The molecule has 3 heterocycles. The van der Waals surface area contributed by atoms with Crippen LogP contribution in [0.25, 0.3) is 22.4 Å². The fourth-order valence-electron chi connectivity index (χ4n) is 2.37. The largest absolute Gasteiger partial charge is 0.452 e. The Morgan fingerprint density at radius 1 is 1.36 bits per heavy atom. The minimum Gasteiger partial charge on any atom is -0.452 e. The van der Waals surface area contributed by atoms with E-state index < -0.39 is 5.97 Å². The Morgan fingerprint density at radius 2 is 2.28 bits per heavy atom. The lowest BCUT2D eigenvalue weighted by Gasteiger charge is -2.02. The molecule has 0 unspecified atom stereocenters. The fourth-order valence-corrected chi connectivity index (χ4v) is 3.00. The third kappa shape index (κ3) is 3.01. The highest BCUT2D eigenvalue weighted by Crippen LogP contribution is 2.19. The molecule has 0 saturated carbocycles. The highest BCUT2D eigenvalue weighted by molar-refractivity contribution is 7.08. The van der Waals surface area contributed by atoms with E-state index in [4.69, 9.17) is 9.26 Å². The van der Waals surface area contributed by atoms with Gasteiger partial charge < -0.3 is 9.26 Å². The van der Waals surface area contributed by atoms with Crippen LogP contribution in [-0.4, -0.2) is 31.1 Å². The van der Waals surface area contributed by atoms with E-state index >= 15 is 0 Å². The van der Waals surface area contributed by atoms with Gasteiger partial charge in [0.15, 0.2) is 6.61 Å². The van der Waals surface area contributed by atoms with E-state index in [0.717, 1.165) is 11.1 Å². The van der Waals surface area contributed by atoms with Crippen molar-refractivity contribution in [1.82, 2.24) is 25.1 Å². The number of ether oxygens (including phenoxy) is 1. The fraction of sp³-hybridized carbons (Fsp3) is 0.188. The van der Waals surface area contributed by atoms with Crippen LogP contribution in [0.15, 0.2) is 39.5 Å². The van der Waals surface area contributed by atoms with E-state index in [1.54, 1.807) is 34.2 Å². The summed E-state index contributed by atoms with van der Waals surface area (Å²) in [4.78, 5) is 16.4. The van der Waals surface area contributed by atoms with Gasteiger partial charge in [-0.05, 0) is 36.6 Å². The first-order chi connectivity index (χ1) is 12.2. The van der Waals surface area contributed by atoms with Crippen LogP contribution in [0.3, 0.4) is 0 Å². The zero-order valence-corrected chi connectivity index (χ0v) is 14.1. The molecule has 9 heteroatoms. The molecule has 0 radical (unpaired) electrons. The number of nitrogens with zero attached hydrogens (tertiary/aromatic N) is 5. The van der Waals surface area contributed by atoms with Gasteiger partial charge >= 0.3 is 5.97 Å². The minimum atomic E-state index is -0.483. The molecule has 0 atom stereocenters. The normalized spacial score (nSPS) is 11.1. The molecule has 0 amide bonds. The Kier molecular flexibility index (Phi) is 3.98. The average molecular weight is 355 g/mol. The molecule has 126 valence electrons. The quantitative estimate of drug-likeness (QED) is 0.508. The van der Waals surface area contributed by atoms with Gasteiger partial charge in [0, 0.05) is 17.5 Å². The summed E-state index contributed by atoms with van der Waals surface area (Å²) in [6.45, 7) is 2.60. The molecule has 0 aliphatic heterocycles. The van der Waals surface area contributed by atoms with Crippen LogP contribution < -0.4 is 0 Å². The van der Waals surface area contributed by atoms with E-state index in [-0.39, 0.29) is 12.5 Å². The molecule has 1 aromatic carbocycles. The number of hydrogen-bond acceptors (Lipinski definition) is 8. The number of carbonyl (C=O) groups is 1. The van der Waals surface area contributed by atoms with Crippen LogP contribution in [0.2, 0.25) is 0 Å². The summed E-state index contributed by atoms with van der Waals surface area (Å²) in [5, 5.41) is 15.8. The van der Waals surface area contributed by atoms with Gasteiger partial charge in [0.25, 0.3) is 5.89 Å². The molecule has 3 aromatic heterocycles. The lowest BCUT2D eigenvalue weighted by atomic mass is 10.2. The van der Waals surface area contributed by atoms with Gasteiger partial charge in [0.05, 0.1) is 11.1 Å². The van der Waals surface area contributed by atoms with Crippen molar-refractivity contribution in [2.24, 2.45) is 0 Å². The second-order valence-electron chi connectivity index (χ2n) is 5.21. The van der Waals surface area contributed by atoms with Crippen molar-refractivity contribution in [3.63, 3.8) is 0 Å². The van der Waals surface area contributed by atoms with Crippen molar-refractivity contribution in [2.45, 2.75) is 20.1 Å². The van der Waals surface area contributed by atoms with Crippen molar-refractivity contribution in [3.8, 4) is 11.4 Å². The molecule has 0 saturated heterocycles. The SMILES string of the molecule is CCn1nnc2cc(C(=O)OCc3nc(-c4ccsc4)no3)ccc21. The topological polar surface area (TPSA) is 95.9 Å². The Hall–Kier alpha value is -3.07. The van der Waals surface area contributed by atoms with Crippen molar-refractivity contribution in [1.29, 1.82) is 0 Å². The van der Waals surface area contributed by atoms with Crippen molar-refractivity contribution in [2.75, 3.05) is 0 Å². The highest BCUT2D eigenvalue weighted by Gasteiger charge is 2.14. The lowest BCUT2D eigenvalue weighted by Crippen LogP contribution is -2.05. The number of fused-ring (bicyclic) bond motifs is 1. The molecule has 0 N–H and O–H groups in total. The standard InChI is InChI=1S/C16H13N5O3S/c1-2-21-13-4-3-10(7-12(13)18-20-21)16(22)23-8-14-17-15(19-24-14)11-5-6-25-9-11/h3-7,9H,2,8H2,1H3. The van der Waals surface area contributed by atoms with E-state index in [1.165, 1.54) is 0 Å². The summed E-state index contributed by atoms with van der Waals surface area (Å²) < 4.78 is 12.1. The van der Waals surface area contributed by atoms with Crippen LogP contribution in [0.4, 0.5) is 0 Å². The summed E-state index contributed by atoms with van der Waals surface area (Å²) in [5.74, 6) is 0.237. The maximum absolute atomic E-state index is 12.2. The molecule has 4 rings (SSSR count). The van der Waals surface area contributed by atoms with E-state index in [2.05, 4.69) is 20.5 Å². The van der Waals surface area contributed by atoms with Crippen LogP contribution in [0.1, 0.15) is 23.2 Å². The Labute approximate surface area is 146 Å². The first kappa shape index (κ1) is 15.5. The summed E-state index contributed by atoms with van der Waals surface area (Å²) in [5.41, 5.74) is 2.79. The van der Waals surface area contributed by atoms with Crippen LogP contribution in [-0.2, 0) is 17.9 Å². The van der Waals surface area contributed by atoms with Crippen LogP contribution in [0, 0.1) is 0 Å². The number of hydrogen-bond donors (Lipinski definition) is 0. The number of rotatable bonds is 5. The van der Waals surface area contributed by atoms with E-state index in [9.17, 15) is 4.79 Å². The molecular weight excluding hydrogens is 342 g/mol. The van der Waals surface area contributed by atoms with Crippen molar-refractivity contribution in [3.05, 3.63) is 46.5 Å². The summed E-state index contributed by atoms with van der Waals surface area (Å²) >= 11 is 1.54. The predicted molar refractivity (Wildman–Crippen MR) is 89.9 cm³/mol. The molecule has 25 heavy (non-hydrogen) atoms. The van der Waals surface area contributed by atoms with Gasteiger partial charge in [-0.3, -0.25) is 0 Å². The number of esters is 1. The van der Waals surface area contributed by atoms with Gasteiger partial charge in [-0.25, -0.2) is 9.48 Å². The Balaban J connectivity index is 1.45. The zero-order valence-electron chi connectivity index (χ0n) is 13.2. The smallest absolute Gasteiger partial charge is 0.338 e. The number of aromatic nitrogens is 5. The van der Waals surface area contributed by atoms with Crippen molar-refractivity contribution < 1.29 is 14.1 Å². The van der Waals surface area contributed by atoms with Crippen LogP contribution >= 0.6 is 11.3 Å². The number of aryl methyl sites for hydroxylation is 1. The summed E-state index contributed by atoms with van der Waals surface area (Å²) in [6.07, 6.45) is 0. The summed E-state index contributed by atoms with van der Waals surface area (Å²) in [7, 11) is 0. The maximum Gasteiger partial charge on any atom is 0.338 e. The third-order valence-electron chi connectivity index (χ3n) is 3.62. The van der Waals surface area contributed by atoms with E-state index in [0.29, 0.717) is 23.4 Å². The highest BCUT2D eigenvalue weighted by atomic mass is 32.1. The molecule has 8 nitrogen and oxygen atoms in total. The average Bonchev–Trinajstić information content (AvgIpc) is 3.38. The first-order valence-corrected chi connectivity index (χ1v) is 8.54. The summed E-state index contributed by atoms with van der Waals surface area (Å²) in [6, 6.07) is 7.03. The predicted octanol–water partition coefficient (Wildman–Crippen LogP) is 2.92. The van der Waals surface area contributed by atoms with Gasteiger partial charge in [0.1, 0.15) is 5.52 Å². The van der Waals surface area contributed by atoms with Gasteiger partial charge in [-0.1, -0.05) is 10.4 Å². The number of benzene rings is 1. The van der Waals surface area contributed by atoms with Gasteiger partial charge in [-0.15, -0.1) is 5.10 Å². The lowest BCUT2D eigenvalue weighted by molar-refractivity contribution is 0.0430. The second kappa shape index (κ2) is 6.44. The zero-order chi connectivity index (χ0) is 17.2.